The number of urea groups is 1. The smallest absolute Gasteiger partial charge is 0.331 e. The fourth-order valence-electron chi connectivity index (χ4n) is 1.44. The second kappa shape index (κ2) is 6.61. The molecule has 6 nitrogen and oxygen atoms in total. The summed E-state index contributed by atoms with van der Waals surface area (Å²) < 4.78 is 4.65. The minimum atomic E-state index is -0.754. The van der Waals surface area contributed by atoms with Crippen LogP contribution in [0.4, 0.5) is 4.79 Å². The van der Waals surface area contributed by atoms with E-state index >= 15 is 0 Å². The van der Waals surface area contributed by atoms with E-state index in [1.165, 1.54) is 14.2 Å². The van der Waals surface area contributed by atoms with Gasteiger partial charge in [0.2, 0.25) is 0 Å². The van der Waals surface area contributed by atoms with Crippen LogP contribution in [-0.4, -0.2) is 37.2 Å². The van der Waals surface area contributed by atoms with E-state index in [9.17, 15) is 9.59 Å². The number of benzene rings is 1. The van der Waals surface area contributed by atoms with Gasteiger partial charge in [-0.15, -0.1) is 0 Å². The van der Waals surface area contributed by atoms with Crippen molar-refractivity contribution >= 4 is 12.0 Å². The van der Waals surface area contributed by atoms with Crippen LogP contribution in [-0.2, 0) is 16.0 Å². The molecular formula is C12H17N3O3. The summed E-state index contributed by atoms with van der Waals surface area (Å²) in [6.45, 7) is 0. The topological polar surface area (TPSA) is 84.7 Å². The van der Waals surface area contributed by atoms with Crippen LogP contribution in [0.3, 0.4) is 0 Å². The monoisotopic (exact) mass is 251 g/mol. The van der Waals surface area contributed by atoms with E-state index in [0.29, 0.717) is 6.42 Å². The number of ether oxygens (including phenoxy) is 1. The summed E-state index contributed by atoms with van der Waals surface area (Å²) in [5, 5.41) is 3.38. The van der Waals surface area contributed by atoms with Gasteiger partial charge in [0.1, 0.15) is 6.04 Å². The van der Waals surface area contributed by atoms with Crippen LogP contribution < -0.4 is 11.2 Å². The summed E-state index contributed by atoms with van der Waals surface area (Å²) in [6.07, 6.45) is 0.354. The van der Waals surface area contributed by atoms with E-state index in [-0.39, 0.29) is 0 Å². The Kier molecular flexibility index (Phi) is 5.13. The quantitative estimate of drug-likeness (QED) is 0.348. The summed E-state index contributed by atoms with van der Waals surface area (Å²) in [6, 6.07) is 8.05. The van der Waals surface area contributed by atoms with Crippen molar-refractivity contribution in [1.82, 2.24) is 10.3 Å². The molecule has 0 fully saturated rings. The zero-order chi connectivity index (χ0) is 13.5. The lowest BCUT2D eigenvalue weighted by atomic mass is 10.1. The highest BCUT2D eigenvalue weighted by Gasteiger charge is 2.22. The molecule has 1 rings (SSSR count). The van der Waals surface area contributed by atoms with Gasteiger partial charge in [-0.1, -0.05) is 30.3 Å². The third kappa shape index (κ3) is 4.06. The van der Waals surface area contributed by atoms with Gasteiger partial charge in [0.25, 0.3) is 0 Å². The maximum Gasteiger partial charge on any atom is 0.331 e. The molecule has 0 aromatic heterocycles. The lowest BCUT2D eigenvalue weighted by molar-refractivity contribution is -0.142. The highest BCUT2D eigenvalue weighted by Crippen LogP contribution is 2.04. The number of carbonyl (C=O) groups excluding carboxylic acids is 2. The van der Waals surface area contributed by atoms with Crippen molar-refractivity contribution in [3.63, 3.8) is 0 Å². The molecule has 0 bridgehead atoms. The molecule has 1 atom stereocenters. The van der Waals surface area contributed by atoms with Crippen molar-refractivity contribution in [2.75, 3.05) is 14.2 Å². The first kappa shape index (κ1) is 14.0. The van der Waals surface area contributed by atoms with Gasteiger partial charge in [0, 0.05) is 13.5 Å². The third-order valence-electron chi connectivity index (χ3n) is 2.39. The van der Waals surface area contributed by atoms with Crippen LogP contribution in [0.5, 0.6) is 0 Å². The van der Waals surface area contributed by atoms with Crippen LogP contribution in [0.15, 0.2) is 30.3 Å². The molecule has 3 N–H and O–H groups in total. The van der Waals surface area contributed by atoms with E-state index in [4.69, 9.17) is 5.84 Å². The highest BCUT2D eigenvalue weighted by atomic mass is 16.5. The average Bonchev–Trinajstić information content (AvgIpc) is 2.38. The van der Waals surface area contributed by atoms with E-state index in [0.717, 1.165) is 10.6 Å². The van der Waals surface area contributed by atoms with Crippen molar-refractivity contribution in [2.45, 2.75) is 12.5 Å². The predicted molar refractivity (Wildman–Crippen MR) is 66.4 cm³/mol. The van der Waals surface area contributed by atoms with Crippen molar-refractivity contribution in [2.24, 2.45) is 5.84 Å². The fourth-order valence-corrected chi connectivity index (χ4v) is 1.44. The average molecular weight is 251 g/mol. The molecule has 0 aliphatic heterocycles. The molecular weight excluding hydrogens is 234 g/mol. The Labute approximate surface area is 106 Å². The Morgan fingerprint density at radius 3 is 2.50 bits per heavy atom. The minimum absolute atomic E-state index is 0.354. The molecule has 2 amide bonds. The van der Waals surface area contributed by atoms with E-state index in [2.05, 4.69) is 10.1 Å². The molecule has 1 aromatic rings. The van der Waals surface area contributed by atoms with E-state index in [1.54, 1.807) is 0 Å². The molecule has 6 heteroatoms. The molecule has 18 heavy (non-hydrogen) atoms. The SMILES string of the molecule is COC(=O)C(Cc1ccccc1)NC(=O)N(C)N. The molecule has 0 saturated heterocycles. The van der Waals surface area contributed by atoms with Crippen LogP contribution in [0.1, 0.15) is 5.56 Å². The van der Waals surface area contributed by atoms with Gasteiger partial charge in [-0.25, -0.2) is 15.4 Å². The lowest BCUT2D eigenvalue weighted by Gasteiger charge is -2.19. The molecule has 0 aliphatic rings. The van der Waals surface area contributed by atoms with Crippen molar-refractivity contribution in [1.29, 1.82) is 0 Å². The zero-order valence-corrected chi connectivity index (χ0v) is 10.4. The van der Waals surface area contributed by atoms with Gasteiger partial charge >= 0.3 is 12.0 Å². The van der Waals surface area contributed by atoms with Gasteiger partial charge in [0.15, 0.2) is 0 Å². The first-order valence-electron chi connectivity index (χ1n) is 5.45. The second-order valence-corrected chi connectivity index (χ2v) is 3.83. The third-order valence-corrected chi connectivity index (χ3v) is 2.39. The van der Waals surface area contributed by atoms with Crippen LogP contribution >= 0.6 is 0 Å². The number of carbonyl (C=O) groups is 2. The first-order valence-corrected chi connectivity index (χ1v) is 5.45. The number of amides is 2. The number of hydrogen-bond donors (Lipinski definition) is 2. The normalized spacial score (nSPS) is 11.5. The molecule has 1 unspecified atom stereocenters. The molecule has 98 valence electrons. The Morgan fingerprint density at radius 1 is 1.39 bits per heavy atom. The highest BCUT2D eigenvalue weighted by molar-refractivity contribution is 5.83. The summed E-state index contributed by atoms with van der Waals surface area (Å²) in [7, 11) is 2.67. The van der Waals surface area contributed by atoms with Gasteiger partial charge < -0.3 is 10.1 Å². The Morgan fingerprint density at radius 2 is 2.00 bits per heavy atom. The summed E-state index contributed by atoms with van der Waals surface area (Å²) >= 11 is 0. The molecule has 0 aliphatic carbocycles. The molecule has 0 saturated carbocycles. The number of esters is 1. The lowest BCUT2D eigenvalue weighted by Crippen LogP contribution is -2.50. The first-order chi connectivity index (χ1) is 8.54. The Balaban J connectivity index is 2.73. The van der Waals surface area contributed by atoms with E-state index < -0.39 is 18.0 Å². The van der Waals surface area contributed by atoms with Crippen molar-refractivity contribution in [3.8, 4) is 0 Å². The Hall–Kier alpha value is -2.08. The number of nitrogens with one attached hydrogen (secondary N) is 1. The van der Waals surface area contributed by atoms with E-state index in [1.807, 2.05) is 30.3 Å². The number of rotatable bonds is 4. The summed E-state index contributed by atoms with van der Waals surface area (Å²) in [5.74, 6) is 4.78. The van der Waals surface area contributed by atoms with Gasteiger partial charge in [-0.2, -0.15) is 0 Å². The zero-order valence-electron chi connectivity index (χ0n) is 10.4. The van der Waals surface area contributed by atoms with Gasteiger partial charge in [0.05, 0.1) is 7.11 Å². The predicted octanol–water partition coefficient (Wildman–Crippen LogP) is 0.286. The van der Waals surface area contributed by atoms with Crippen LogP contribution in [0, 0.1) is 0 Å². The van der Waals surface area contributed by atoms with Crippen molar-refractivity contribution in [3.05, 3.63) is 35.9 Å². The molecule has 0 spiro atoms. The maximum absolute atomic E-state index is 11.6. The molecule has 1 aromatic carbocycles. The number of nitrogens with two attached hydrogens (primary N) is 1. The summed E-state index contributed by atoms with van der Waals surface area (Å²) in [4.78, 5) is 23.0. The van der Waals surface area contributed by atoms with Crippen molar-refractivity contribution < 1.29 is 14.3 Å². The fraction of sp³-hybridized carbons (Fsp3) is 0.333. The molecule has 0 heterocycles. The minimum Gasteiger partial charge on any atom is -0.467 e. The standard InChI is InChI=1S/C12H17N3O3/c1-15(13)12(17)14-10(11(16)18-2)8-9-6-4-3-5-7-9/h3-7,10H,8,13H2,1-2H3,(H,14,17). The number of nitrogens with zero attached hydrogens (tertiary/aromatic N) is 1. The summed E-state index contributed by atoms with van der Waals surface area (Å²) in [5.41, 5.74) is 0.924. The van der Waals surface area contributed by atoms with Gasteiger partial charge in [-0.05, 0) is 5.56 Å². The van der Waals surface area contributed by atoms with Crippen LogP contribution in [0.2, 0.25) is 0 Å². The second-order valence-electron chi connectivity index (χ2n) is 3.83. The number of hydrogen-bond acceptors (Lipinski definition) is 4. The van der Waals surface area contributed by atoms with Crippen LogP contribution in [0.25, 0.3) is 0 Å². The number of methoxy groups -OCH3 is 1. The molecule has 0 radical (unpaired) electrons. The number of hydrazine groups is 1. The maximum atomic E-state index is 11.6. The van der Waals surface area contributed by atoms with Gasteiger partial charge in [-0.3, -0.25) is 5.01 Å². The Bertz CT molecular complexity index is 406. The largest absolute Gasteiger partial charge is 0.467 e.